The molecule has 0 fully saturated rings. The second-order valence-corrected chi connectivity index (χ2v) is 6.60. The first kappa shape index (κ1) is 19.1. The summed E-state index contributed by atoms with van der Waals surface area (Å²) < 4.78 is 17.1. The molecule has 0 saturated heterocycles. The van der Waals surface area contributed by atoms with Gasteiger partial charge in [0.25, 0.3) is 5.91 Å². The summed E-state index contributed by atoms with van der Waals surface area (Å²) in [7, 11) is 0. The average molecular weight is 369 g/mol. The third kappa shape index (κ3) is 4.73. The zero-order valence-corrected chi connectivity index (χ0v) is 16.3. The molecule has 5 nitrogen and oxygen atoms in total. The van der Waals surface area contributed by atoms with Gasteiger partial charge in [0, 0.05) is 13.1 Å². The molecule has 1 aliphatic heterocycles. The fourth-order valence-corrected chi connectivity index (χ4v) is 3.18. The molecule has 0 atom stereocenters. The number of rotatable bonds is 7. The van der Waals surface area contributed by atoms with Gasteiger partial charge in [0.15, 0.2) is 18.1 Å². The molecule has 0 N–H and O–H groups in total. The van der Waals surface area contributed by atoms with Crippen LogP contribution in [0.4, 0.5) is 0 Å². The van der Waals surface area contributed by atoms with Gasteiger partial charge in [-0.05, 0) is 62.6 Å². The van der Waals surface area contributed by atoms with Crippen LogP contribution in [0.5, 0.6) is 17.2 Å². The second kappa shape index (κ2) is 8.80. The first-order valence-electron chi connectivity index (χ1n) is 9.49. The second-order valence-electron chi connectivity index (χ2n) is 6.60. The number of nitrogens with zero attached hydrogens (tertiary/aromatic N) is 1. The van der Waals surface area contributed by atoms with Crippen LogP contribution in [0.3, 0.4) is 0 Å². The Morgan fingerprint density at radius 1 is 0.963 bits per heavy atom. The normalized spacial score (nSPS) is 13.1. The molecule has 5 heteroatoms. The highest BCUT2D eigenvalue weighted by Gasteiger charge is 2.23. The molecule has 0 radical (unpaired) electrons. The summed E-state index contributed by atoms with van der Waals surface area (Å²) in [4.78, 5) is 14.4. The van der Waals surface area contributed by atoms with Crippen molar-refractivity contribution in [2.75, 3.05) is 26.4 Å². The molecule has 1 aliphatic rings. The molecule has 0 aromatic heterocycles. The molecule has 0 unspecified atom stereocenters. The van der Waals surface area contributed by atoms with Crippen LogP contribution in [-0.2, 0) is 17.8 Å². The van der Waals surface area contributed by atoms with Crippen LogP contribution in [0.1, 0.15) is 30.5 Å². The maximum atomic E-state index is 12.6. The summed E-state index contributed by atoms with van der Waals surface area (Å²) in [5.74, 6) is 2.23. The number of fused-ring (bicyclic) bond motifs is 1. The number of carbonyl (C=O) groups excluding carboxylic acids is 1. The van der Waals surface area contributed by atoms with Crippen molar-refractivity contribution < 1.29 is 19.0 Å². The molecular weight excluding hydrogens is 342 g/mol. The maximum absolute atomic E-state index is 12.6. The molecule has 1 amide bonds. The zero-order valence-electron chi connectivity index (χ0n) is 16.3. The Kier molecular flexibility index (Phi) is 6.22. The summed E-state index contributed by atoms with van der Waals surface area (Å²) >= 11 is 0. The van der Waals surface area contributed by atoms with Crippen molar-refractivity contribution in [2.45, 2.75) is 33.7 Å². The Hall–Kier alpha value is -2.69. The number of hydrogen-bond acceptors (Lipinski definition) is 4. The fourth-order valence-electron chi connectivity index (χ4n) is 3.18. The number of aryl methyl sites for hydroxylation is 1. The van der Waals surface area contributed by atoms with Crippen LogP contribution in [0.25, 0.3) is 0 Å². The van der Waals surface area contributed by atoms with Gasteiger partial charge >= 0.3 is 0 Å². The summed E-state index contributed by atoms with van der Waals surface area (Å²) in [6, 6.07) is 11.8. The van der Waals surface area contributed by atoms with Crippen molar-refractivity contribution in [1.82, 2.24) is 4.90 Å². The summed E-state index contributed by atoms with van der Waals surface area (Å²) in [6.07, 6.45) is 0.804. The summed E-state index contributed by atoms with van der Waals surface area (Å²) in [6.45, 7) is 8.41. The van der Waals surface area contributed by atoms with E-state index in [4.69, 9.17) is 14.2 Å². The van der Waals surface area contributed by atoms with Crippen molar-refractivity contribution in [1.29, 1.82) is 0 Å². The largest absolute Gasteiger partial charge is 0.490 e. The van der Waals surface area contributed by atoms with E-state index in [1.165, 1.54) is 5.56 Å². The van der Waals surface area contributed by atoms with E-state index in [-0.39, 0.29) is 12.5 Å². The Balaban J connectivity index is 1.66. The number of benzene rings is 2. The molecule has 0 aliphatic carbocycles. The van der Waals surface area contributed by atoms with E-state index in [2.05, 4.69) is 6.07 Å². The predicted molar refractivity (Wildman–Crippen MR) is 105 cm³/mol. The van der Waals surface area contributed by atoms with E-state index in [9.17, 15) is 4.79 Å². The topological polar surface area (TPSA) is 48.0 Å². The van der Waals surface area contributed by atoms with E-state index < -0.39 is 0 Å². The molecule has 2 aromatic carbocycles. The summed E-state index contributed by atoms with van der Waals surface area (Å²) in [5.41, 5.74) is 3.49. The molecule has 0 spiro atoms. The number of carbonyl (C=O) groups is 1. The Morgan fingerprint density at radius 3 is 2.22 bits per heavy atom. The monoisotopic (exact) mass is 369 g/mol. The number of ether oxygens (including phenoxy) is 3. The minimum absolute atomic E-state index is 0.00642. The Bertz CT molecular complexity index is 786. The van der Waals surface area contributed by atoms with Gasteiger partial charge in [0.05, 0.1) is 13.2 Å². The van der Waals surface area contributed by atoms with Gasteiger partial charge in [0.1, 0.15) is 5.75 Å². The molecule has 1 heterocycles. The van der Waals surface area contributed by atoms with Crippen molar-refractivity contribution in [3.63, 3.8) is 0 Å². The molecule has 3 rings (SSSR count). The van der Waals surface area contributed by atoms with Crippen molar-refractivity contribution >= 4 is 5.91 Å². The maximum Gasteiger partial charge on any atom is 0.260 e. The van der Waals surface area contributed by atoms with Crippen molar-refractivity contribution in [3.05, 3.63) is 53.1 Å². The van der Waals surface area contributed by atoms with Crippen LogP contribution in [-0.4, -0.2) is 37.2 Å². The van der Waals surface area contributed by atoms with E-state index in [0.29, 0.717) is 32.1 Å². The lowest BCUT2D eigenvalue weighted by molar-refractivity contribution is -0.134. The number of hydrogen-bond donors (Lipinski definition) is 0. The van der Waals surface area contributed by atoms with Crippen LogP contribution < -0.4 is 14.2 Å². The highest BCUT2D eigenvalue weighted by Crippen LogP contribution is 2.34. The highest BCUT2D eigenvalue weighted by atomic mass is 16.5. The molecule has 0 saturated carbocycles. The Labute approximate surface area is 160 Å². The van der Waals surface area contributed by atoms with Gasteiger partial charge in [-0.25, -0.2) is 0 Å². The first-order chi connectivity index (χ1) is 13.1. The third-order valence-corrected chi connectivity index (χ3v) is 4.61. The van der Waals surface area contributed by atoms with Crippen LogP contribution in [0.15, 0.2) is 36.4 Å². The van der Waals surface area contributed by atoms with E-state index in [0.717, 1.165) is 29.0 Å². The van der Waals surface area contributed by atoms with E-state index >= 15 is 0 Å². The molecular formula is C22H27NO4. The van der Waals surface area contributed by atoms with Gasteiger partial charge in [-0.2, -0.15) is 0 Å². The zero-order chi connectivity index (χ0) is 19.2. The van der Waals surface area contributed by atoms with Gasteiger partial charge in [-0.15, -0.1) is 0 Å². The molecule has 2 aromatic rings. The van der Waals surface area contributed by atoms with Crippen molar-refractivity contribution in [2.24, 2.45) is 0 Å². The molecule has 144 valence electrons. The van der Waals surface area contributed by atoms with Crippen molar-refractivity contribution in [3.8, 4) is 17.2 Å². The SMILES string of the molecule is CCOc1cc2c(cc1OCC)CN(C(=O)COc1ccc(C)cc1)CC2. The molecule has 0 bridgehead atoms. The first-order valence-corrected chi connectivity index (χ1v) is 9.49. The third-order valence-electron chi connectivity index (χ3n) is 4.61. The lowest BCUT2D eigenvalue weighted by atomic mass is 9.98. The van der Waals surface area contributed by atoms with Crippen LogP contribution in [0, 0.1) is 6.92 Å². The van der Waals surface area contributed by atoms with Gasteiger partial charge in [-0.1, -0.05) is 17.7 Å². The van der Waals surface area contributed by atoms with Crippen LogP contribution >= 0.6 is 0 Å². The van der Waals surface area contributed by atoms with Crippen LogP contribution in [0.2, 0.25) is 0 Å². The highest BCUT2D eigenvalue weighted by molar-refractivity contribution is 5.78. The Morgan fingerprint density at radius 2 is 1.59 bits per heavy atom. The van der Waals surface area contributed by atoms with E-state index in [1.54, 1.807) is 0 Å². The van der Waals surface area contributed by atoms with Gasteiger partial charge < -0.3 is 19.1 Å². The minimum atomic E-state index is -0.00642. The average Bonchev–Trinajstić information content (AvgIpc) is 2.68. The summed E-state index contributed by atoms with van der Waals surface area (Å²) in [5, 5.41) is 0. The predicted octanol–water partition coefficient (Wildman–Crippen LogP) is 3.76. The number of amides is 1. The van der Waals surface area contributed by atoms with Gasteiger partial charge in [0.2, 0.25) is 0 Å². The quantitative estimate of drug-likeness (QED) is 0.746. The smallest absolute Gasteiger partial charge is 0.260 e. The molecule has 27 heavy (non-hydrogen) atoms. The lowest BCUT2D eigenvalue weighted by Gasteiger charge is -2.29. The standard InChI is InChI=1S/C22H27NO4/c1-4-25-20-12-17-10-11-23(14-18(17)13-21(20)26-5-2)22(24)15-27-19-8-6-16(3)7-9-19/h6-9,12-13H,4-5,10-11,14-15H2,1-3H3. The lowest BCUT2D eigenvalue weighted by Crippen LogP contribution is -2.38. The van der Waals surface area contributed by atoms with Gasteiger partial charge in [-0.3, -0.25) is 4.79 Å². The minimum Gasteiger partial charge on any atom is -0.490 e. The van der Waals surface area contributed by atoms with E-state index in [1.807, 2.05) is 56.0 Å². The fraction of sp³-hybridized carbons (Fsp3) is 0.409.